The van der Waals surface area contributed by atoms with E-state index < -0.39 is 23.9 Å². The van der Waals surface area contributed by atoms with Crippen LogP contribution < -0.4 is 4.74 Å². The van der Waals surface area contributed by atoms with Crippen LogP contribution in [0, 0.1) is 0 Å². The Labute approximate surface area is 358 Å². The lowest BCUT2D eigenvalue weighted by atomic mass is 9.96. The van der Waals surface area contributed by atoms with Gasteiger partial charge in [0, 0.05) is 38.4 Å². The number of H-pyrrole nitrogens is 2. The highest BCUT2D eigenvalue weighted by Crippen LogP contribution is 2.39. The third-order valence-corrected chi connectivity index (χ3v) is 10.9. The molecule has 0 aliphatic carbocycles. The molecule has 0 atom stereocenters. The Bertz CT molecular complexity index is 3710. The van der Waals surface area contributed by atoms with Gasteiger partial charge in [0.1, 0.15) is 28.3 Å². The molecule has 0 fully saturated rings. The van der Waals surface area contributed by atoms with Crippen molar-refractivity contribution in [3.63, 3.8) is 0 Å². The van der Waals surface area contributed by atoms with Crippen molar-refractivity contribution < 1.29 is 39.2 Å². The van der Waals surface area contributed by atoms with Gasteiger partial charge in [-0.15, -0.1) is 0 Å². The molecule has 8 bridgehead atoms. The minimum atomic E-state index is -1.40. The zero-order valence-electron chi connectivity index (χ0n) is 32.7. The topological polar surface area (TPSA) is 247 Å². The number of nitrogens with one attached hydrogen (secondary N) is 2. The summed E-state index contributed by atoms with van der Waals surface area (Å²) in [5.74, 6) is -3.66. The summed E-state index contributed by atoms with van der Waals surface area (Å²) < 4.78 is 6.08. The maximum atomic E-state index is 14.2. The lowest BCUT2D eigenvalue weighted by Gasteiger charge is -2.11. The van der Waals surface area contributed by atoms with Crippen molar-refractivity contribution in [2.75, 3.05) is 0 Å². The van der Waals surface area contributed by atoms with Crippen molar-refractivity contribution in [1.29, 1.82) is 0 Å². The molecular formula is C48H26N8O8. The van der Waals surface area contributed by atoms with Gasteiger partial charge in [-0.25, -0.2) is 49.1 Å². The predicted molar refractivity (Wildman–Crippen MR) is 234 cm³/mol. The largest absolute Gasteiger partial charge is 0.478 e. The predicted octanol–water partition coefficient (Wildman–Crippen LogP) is 8.85. The van der Waals surface area contributed by atoms with E-state index in [0.29, 0.717) is 56.6 Å². The van der Waals surface area contributed by atoms with Gasteiger partial charge in [0.05, 0.1) is 27.6 Å². The van der Waals surface area contributed by atoms with Crippen LogP contribution in [-0.2, 0) is 0 Å². The van der Waals surface area contributed by atoms with E-state index in [0.717, 1.165) is 39.6 Å². The normalized spacial score (nSPS) is 11.6. The Balaban J connectivity index is 1.14. The number of aromatic carboxylic acids is 3. The number of rotatable bonds is 6. The van der Waals surface area contributed by atoms with Crippen molar-refractivity contribution in [3.8, 4) is 62.4 Å². The van der Waals surface area contributed by atoms with Crippen LogP contribution in [0.2, 0.25) is 0 Å². The van der Waals surface area contributed by atoms with Crippen molar-refractivity contribution in [2.24, 2.45) is 0 Å². The summed E-state index contributed by atoms with van der Waals surface area (Å²) in [5.41, 5.74) is 3.40. The monoisotopic (exact) mass is 842 g/mol. The maximum Gasteiger partial charge on any atom is 0.343 e. The summed E-state index contributed by atoms with van der Waals surface area (Å²) in [6, 6.07) is 34.8. The summed E-state index contributed by atoms with van der Waals surface area (Å²) in [6.45, 7) is 0. The summed E-state index contributed by atoms with van der Waals surface area (Å²) in [4.78, 5) is 87.0. The number of aromatic amines is 2. The number of hydrogen-bond donors (Lipinski definition) is 5. The highest BCUT2D eigenvalue weighted by atomic mass is 16.5. The molecule has 9 aromatic rings. The minimum absolute atomic E-state index is 0.0297. The summed E-state index contributed by atoms with van der Waals surface area (Å²) in [7, 11) is 0. The van der Waals surface area contributed by atoms with E-state index in [2.05, 4.69) is 9.97 Å². The van der Waals surface area contributed by atoms with Gasteiger partial charge in [-0.2, -0.15) is 0 Å². The van der Waals surface area contributed by atoms with Gasteiger partial charge >= 0.3 is 23.9 Å². The molecule has 0 unspecified atom stereocenters. The number of esters is 1. The molecule has 0 saturated heterocycles. The molecule has 2 aliphatic rings. The maximum absolute atomic E-state index is 14.2. The van der Waals surface area contributed by atoms with E-state index >= 15 is 0 Å². The van der Waals surface area contributed by atoms with Gasteiger partial charge in [0.15, 0.2) is 23.3 Å². The molecule has 16 heteroatoms. The Morgan fingerprint density at radius 1 is 0.406 bits per heavy atom. The van der Waals surface area contributed by atoms with Crippen LogP contribution in [-0.4, -0.2) is 79.1 Å². The lowest BCUT2D eigenvalue weighted by molar-refractivity contribution is 0.0680. The molecule has 0 saturated carbocycles. The second-order valence-electron chi connectivity index (χ2n) is 14.8. The van der Waals surface area contributed by atoms with Crippen molar-refractivity contribution in [3.05, 3.63) is 150 Å². The average Bonchev–Trinajstić information content (AvgIpc) is 4.05. The molecule has 2 aliphatic heterocycles. The smallest absolute Gasteiger partial charge is 0.343 e. The molecule has 5 N–H and O–H groups in total. The van der Waals surface area contributed by atoms with E-state index in [9.17, 15) is 34.5 Å². The number of nitrogens with zero attached hydrogens (tertiary/aromatic N) is 6. The van der Waals surface area contributed by atoms with E-state index in [1.54, 1.807) is 18.2 Å². The van der Waals surface area contributed by atoms with E-state index in [1.807, 2.05) is 72.8 Å². The number of ether oxygens (including phenoxy) is 1. The Kier molecular flexibility index (Phi) is 8.42. The number of carboxylic acids is 3. The van der Waals surface area contributed by atoms with Gasteiger partial charge in [-0.1, -0.05) is 84.9 Å². The zero-order valence-corrected chi connectivity index (χ0v) is 32.7. The van der Waals surface area contributed by atoms with Crippen LogP contribution >= 0.6 is 0 Å². The second-order valence-corrected chi connectivity index (χ2v) is 14.8. The Morgan fingerprint density at radius 3 is 1.25 bits per heavy atom. The van der Waals surface area contributed by atoms with E-state index in [-0.39, 0.29) is 44.8 Å². The molecule has 0 radical (unpaired) electrons. The first kappa shape index (κ1) is 37.6. The molecule has 0 amide bonds. The number of carbonyl (C=O) groups excluding carboxylic acids is 1. The van der Waals surface area contributed by atoms with Crippen LogP contribution in [0.4, 0.5) is 0 Å². The number of fused-ring (bicyclic) bond motifs is 20. The molecule has 0 spiro atoms. The number of aromatic nitrogens is 8. The SMILES string of the molecule is O=C(O)c1cc(C(=O)O)cc(-c2cc(C(=O)O)cc(C(=O)Oc3cccc4c5nc6nc(nc7[nH]c(nc8nc(nc([nH]5)c34)-c3ccccc3-8)c3ccccc73)-c3ccccc3-6)c2)c1. The molecule has 16 nitrogen and oxygen atoms in total. The lowest BCUT2D eigenvalue weighted by Crippen LogP contribution is -2.11. The molecule has 6 aromatic carbocycles. The summed E-state index contributed by atoms with van der Waals surface area (Å²) in [6.07, 6.45) is 0. The van der Waals surface area contributed by atoms with Crippen LogP contribution in [0.1, 0.15) is 41.4 Å². The number of carbonyl (C=O) groups is 4. The number of benzene rings is 6. The Morgan fingerprint density at radius 2 is 0.781 bits per heavy atom. The fourth-order valence-corrected chi connectivity index (χ4v) is 7.98. The van der Waals surface area contributed by atoms with Crippen molar-refractivity contribution >= 4 is 68.0 Å². The van der Waals surface area contributed by atoms with Gasteiger partial charge < -0.3 is 30.0 Å². The van der Waals surface area contributed by atoms with Crippen LogP contribution in [0.3, 0.4) is 0 Å². The summed E-state index contributed by atoms with van der Waals surface area (Å²) >= 11 is 0. The molecule has 3 aromatic heterocycles. The quantitative estimate of drug-likeness (QED) is 0.0775. The van der Waals surface area contributed by atoms with E-state index in [4.69, 9.17) is 34.6 Å². The number of carboxylic acid groups (broad SMARTS) is 3. The van der Waals surface area contributed by atoms with Crippen LogP contribution in [0.25, 0.3) is 101 Å². The van der Waals surface area contributed by atoms with Crippen molar-refractivity contribution in [2.45, 2.75) is 0 Å². The molecular weight excluding hydrogens is 817 g/mol. The standard InChI is InChI=1S/C48H26N8O8/c57-45(58)24-16-22(17-25(20-24)46(59)60)23-18-26(47(61)62)21-27(19-23)48(63)64-35-15-7-14-34-36(35)44-55-42-33-13-6-5-12-32(33)40(53-42)51-38-29-9-2-1-8-28(29)37(49-38)50-39-30-10-3-4-11-31(30)41(52-39)54-43(34)56-44/h1-21H,(H,57,58)(H,59,60)(H,61,62)(H2,49,50,51,52,53,54,55,56). The van der Waals surface area contributed by atoms with Gasteiger partial charge in [0.2, 0.25) is 0 Å². The first-order valence-corrected chi connectivity index (χ1v) is 19.5. The third-order valence-electron chi connectivity index (χ3n) is 10.9. The van der Waals surface area contributed by atoms with Gasteiger partial charge in [0.25, 0.3) is 0 Å². The molecule has 5 heterocycles. The molecule has 64 heavy (non-hydrogen) atoms. The third kappa shape index (κ3) is 6.25. The number of hydrogen-bond acceptors (Lipinski definition) is 11. The molecule has 306 valence electrons. The highest BCUT2D eigenvalue weighted by molar-refractivity contribution is 6.10. The first-order valence-electron chi connectivity index (χ1n) is 19.5. The van der Waals surface area contributed by atoms with Gasteiger partial charge in [-0.05, 0) is 53.6 Å². The fraction of sp³-hybridized carbons (Fsp3) is 0. The highest BCUT2D eigenvalue weighted by Gasteiger charge is 2.24. The first-order chi connectivity index (χ1) is 31.1. The van der Waals surface area contributed by atoms with Crippen molar-refractivity contribution in [1.82, 2.24) is 39.9 Å². The van der Waals surface area contributed by atoms with Gasteiger partial charge in [-0.3, -0.25) is 0 Å². The zero-order chi connectivity index (χ0) is 43.8. The van der Waals surface area contributed by atoms with Crippen LogP contribution in [0.15, 0.2) is 127 Å². The average molecular weight is 843 g/mol. The summed E-state index contributed by atoms with van der Waals surface area (Å²) in [5, 5.41) is 31.9. The fourth-order valence-electron chi connectivity index (χ4n) is 7.98. The molecule has 11 rings (SSSR count). The second kappa shape index (κ2) is 14.3. The van der Waals surface area contributed by atoms with E-state index in [1.165, 1.54) is 24.3 Å². The Hall–Kier alpha value is -9.44. The minimum Gasteiger partial charge on any atom is -0.478 e. The van der Waals surface area contributed by atoms with Crippen LogP contribution in [0.5, 0.6) is 5.75 Å².